The topological polar surface area (TPSA) is 40.7 Å². The van der Waals surface area contributed by atoms with Gasteiger partial charge < -0.3 is 10.3 Å². The molecule has 2 heterocycles. The molecule has 0 radical (unpaired) electrons. The number of aromatic amines is 1. The van der Waals surface area contributed by atoms with Gasteiger partial charge in [0.2, 0.25) is 0 Å². The summed E-state index contributed by atoms with van der Waals surface area (Å²) in [6.07, 6.45) is 5.69. The first kappa shape index (κ1) is 13.6. The van der Waals surface area contributed by atoms with Crippen molar-refractivity contribution in [1.82, 2.24) is 15.3 Å². The van der Waals surface area contributed by atoms with Crippen LogP contribution in [-0.2, 0) is 13.0 Å². The summed E-state index contributed by atoms with van der Waals surface area (Å²) in [6, 6.07) is 8.28. The first-order chi connectivity index (χ1) is 9.84. The Kier molecular flexibility index (Phi) is 4.35. The van der Waals surface area contributed by atoms with E-state index in [9.17, 15) is 0 Å². The molecule has 2 N–H and O–H groups in total. The van der Waals surface area contributed by atoms with E-state index in [1.54, 1.807) is 17.5 Å². The molecule has 2 aromatic heterocycles. The number of benzene rings is 1. The van der Waals surface area contributed by atoms with E-state index in [-0.39, 0.29) is 0 Å². The number of rotatable bonds is 6. The summed E-state index contributed by atoms with van der Waals surface area (Å²) < 4.78 is 1.25. The predicted molar refractivity (Wildman–Crippen MR) is 85.5 cm³/mol. The van der Waals surface area contributed by atoms with Crippen molar-refractivity contribution >= 4 is 33.0 Å². The predicted octanol–water partition coefficient (Wildman–Crippen LogP) is 4.00. The van der Waals surface area contributed by atoms with Crippen LogP contribution in [0.25, 0.3) is 10.1 Å². The van der Waals surface area contributed by atoms with Gasteiger partial charge in [-0.1, -0.05) is 29.8 Å². The summed E-state index contributed by atoms with van der Waals surface area (Å²) in [7, 11) is 0. The van der Waals surface area contributed by atoms with Crippen LogP contribution in [0.1, 0.15) is 17.1 Å². The number of imidazole rings is 1. The molecule has 0 unspecified atom stereocenters. The van der Waals surface area contributed by atoms with Crippen LogP contribution in [0.3, 0.4) is 0 Å². The van der Waals surface area contributed by atoms with Crippen LogP contribution in [-0.4, -0.2) is 16.5 Å². The standard InChI is InChI=1S/C15H16ClN3S/c16-15-11-4-1-2-5-12(11)20-13(15)10-17-7-3-6-14-18-8-9-19-14/h1-2,4-5,8-9,17H,3,6-7,10H2,(H,18,19). The summed E-state index contributed by atoms with van der Waals surface area (Å²) in [5.74, 6) is 1.05. The Hall–Kier alpha value is -1.36. The Labute approximate surface area is 127 Å². The van der Waals surface area contributed by atoms with Crippen LogP contribution in [0, 0.1) is 0 Å². The molecular formula is C15H16ClN3S. The van der Waals surface area contributed by atoms with Crippen molar-refractivity contribution in [2.75, 3.05) is 6.54 Å². The molecule has 3 aromatic rings. The highest BCUT2D eigenvalue weighted by atomic mass is 35.5. The highest BCUT2D eigenvalue weighted by Crippen LogP contribution is 2.34. The Morgan fingerprint density at radius 1 is 1.30 bits per heavy atom. The molecule has 3 rings (SSSR count). The minimum Gasteiger partial charge on any atom is -0.349 e. The fourth-order valence-electron chi connectivity index (χ4n) is 2.20. The molecular weight excluding hydrogens is 290 g/mol. The van der Waals surface area contributed by atoms with Crippen LogP contribution < -0.4 is 5.32 Å². The van der Waals surface area contributed by atoms with Gasteiger partial charge in [-0.15, -0.1) is 11.3 Å². The van der Waals surface area contributed by atoms with E-state index >= 15 is 0 Å². The molecule has 0 spiro atoms. The van der Waals surface area contributed by atoms with Crippen molar-refractivity contribution < 1.29 is 0 Å². The maximum Gasteiger partial charge on any atom is 0.106 e. The zero-order valence-electron chi connectivity index (χ0n) is 11.0. The van der Waals surface area contributed by atoms with E-state index in [1.165, 1.54) is 9.58 Å². The van der Waals surface area contributed by atoms with Crippen LogP contribution >= 0.6 is 22.9 Å². The molecule has 0 aliphatic heterocycles. The zero-order chi connectivity index (χ0) is 13.8. The molecule has 0 fully saturated rings. The van der Waals surface area contributed by atoms with E-state index < -0.39 is 0 Å². The molecule has 0 aliphatic rings. The quantitative estimate of drug-likeness (QED) is 0.676. The normalized spacial score (nSPS) is 11.2. The Balaban J connectivity index is 1.51. The van der Waals surface area contributed by atoms with Crippen molar-refractivity contribution in [2.24, 2.45) is 0 Å². The van der Waals surface area contributed by atoms with Gasteiger partial charge in [0.25, 0.3) is 0 Å². The van der Waals surface area contributed by atoms with Gasteiger partial charge in [0, 0.05) is 40.3 Å². The minimum atomic E-state index is 0.830. The van der Waals surface area contributed by atoms with Gasteiger partial charge in [-0.2, -0.15) is 0 Å². The summed E-state index contributed by atoms with van der Waals surface area (Å²) in [4.78, 5) is 8.54. The van der Waals surface area contributed by atoms with Crippen LogP contribution in [0.2, 0.25) is 5.02 Å². The lowest BCUT2D eigenvalue weighted by atomic mass is 10.2. The molecule has 0 saturated carbocycles. The number of aromatic nitrogens is 2. The number of aryl methyl sites for hydroxylation is 1. The SMILES string of the molecule is Clc1c(CNCCCc2ncc[nH]2)sc2ccccc12. The van der Waals surface area contributed by atoms with Gasteiger partial charge in [-0.25, -0.2) is 4.98 Å². The van der Waals surface area contributed by atoms with Gasteiger partial charge in [-0.05, 0) is 19.0 Å². The Morgan fingerprint density at radius 3 is 3.00 bits per heavy atom. The number of halogens is 1. The van der Waals surface area contributed by atoms with Crippen LogP contribution in [0.4, 0.5) is 0 Å². The van der Waals surface area contributed by atoms with E-state index in [1.807, 2.05) is 12.3 Å². The first-order valence-corrected chi connectivity index (χ1v) is 7.89. The number of thiophene rings is 1. The lowest BCUT2D eigenvalue weighted by molar-refractivity contribution is 0.645. The lowest BCUT2D eigenvalue weighted by Crippen LogP contribution is -2.14. The number of hydrogen-bond acceptors (Lipinski definition) is 3. The fourth-order valence-corrected chi connectivity index (χ4v) is 3.67. The van der Waals surface area contributed by atoms with Gasteiger partial charge in [0.15, 0.2) is 0 Å². The molecule has 0 aliphatic carbocycles. The fraction of sp³-hybridized carbons (Fsp3) is 0.267. The largest absolute Gasteiger partial charge is 0.349 e. The second kappa shape index (κ2) is 6.39. The summed E-state index contributed by atoms with van der Waals surface area (Å²) in [5, 5.41) is 5.50. The third-order valence-corrected chi connectivity index (χ3v) is 4.92. The van der Waals surface area contributed by atoms with Crippen LogP contribution in [0.5, 0.6) is 0 Å². The van der Waals surface area contributed by atoms with Crippen molar-refractivity contribution in [1.29, 1.82) is 0 Å². The highest BCUT2D eigenvalue weighted by molar-refractivity contribution is 7.19. The molecule has 20 heavy (non-hydrogen) atoms. The molecule has 0 bridgehead atoms. The smallest absolute Gasteiger partial charge is 0.106 e. The molecule has 1 aromatic carbocycles. The molecule has 0 saturated heterocycles. The zero-order valence-corrected chi connectivity index (χ0v) is 12.6. The second-order valence-electron chi connectivity index (χ2n) is 4.65. The van der Waals surface area contributed by atoms with Gasteiger partial charge in [-0.3, -0.25) is 0 Å². The van der Waals surface area contributed by atoms with E-state index in [0.29, 0.717) is 0 Å². The number of fused-ring (bicyclic) bond motifs is 1. The van der Waals surface area contributed by atoms with E-state index in [2.05, 4.69) is 33.5 Å². The molecule has 104 valence electrons. The summed E-state index contributed by atoms with van der Waals surface area (Å²) in [5.41, 5.74) is 0. The van der Waals surface area contributed by atoms with E-state index in [0.717, 1.165) is 42.2 Å². The maximum absolute atomic E-state index is 6.41. The molecule has 5 heteroatoms. The van der Waals surface area contributed by atoms with Crippen LogP contribution in [0.15, 0.2) is 36.7 Å². The molecule has 0 atom stereocenters. The lowest BCUT2D eigenvalue weighted by Gasteiger charge is -2.02. The van der Waals surface area contributed by atoms with Gasteiger partial charge >= 0.3 is 0 Å². The van der Waals surface area contributed by atoms with Crippen molar-refractivity contribution in [2.45, 2.75) is 19.4 Å². The molecule has 0 amide bonds. The van der Waals surface area contributed by atoms with E-state index in [4.69, 9.17) is 11.6 Å². The number of nitrogens with one attached hydrogen (secondary N) is 2. The van der Waals surface area contributed by atoms with Gasteiger partial charge in [0.1, 0.15) is 5.82 Å². The number of hydrogen-bond donors (Lipinski definition) is 2. The average Bonchev–Trinajstić information content (AvgIpc) is 3.08. The second-order valence-corrected chi connectivity index (χ2v) is 6.17. The average molecular weight is 306 g/mol. The number of nitrogens with zero attached hydrogens (tertiary/aromatic N) is 1. The maximum atomic E-state index is 6.41. The number of H-pyrrole nitrogens is 1. The molecule has 3 nitrogen and oxygen atoms in total. The van der Waals surface area contributed by atoms with Crippen molar-refractivity contribution in [3.05, 3.63) is 52.4 Å². The third kappa shape index (κ3) is 3.03. The third-order valence-electron chi connectivity index (χ3n) is 3.21. The van der Waals surface area contributed by atoms with Crippen molar-refractivity contribution in [3.8, 4) is 0 Å². The van der Waals surface area contributed by atoms with Crippen molar-refractivity contribution in [3.63, 3.8) is 0 Å². The summed E-state index contributed by atoms with van der Waals surface area (Å²) >= 11 is 8.17. The Bertz CT molecular complexity index is 676. The summed E-state index contributed by atoms with van der Waals surface area (Å²) in [6.45, 7) is 1.79. The minimum absolute atomic E-state index is 0.830. The highest BCUT2D eigenvalue weighted by Gasteiger charge is 2.08. The monoisotopic (exact) mass is 305 g/mol. The van der Waals surface area contributed by atoms with Gasteiger partial charge in [0.05, 0.1) is 5.02 Å². The Morgan fingerprint density at radius 2 is 2.20 bits per heavy atom. The first-order valence-electron chi connectivity index (χ1n) is 6.69.